The summed E-state index contributed by atoms with van der Waals surface area (Å²) in [4.78, 5) is 18.6. The molecule has 2 aromatic rings. The summed E-state index contributed by atoms with van der Waals surface area (Å²) < 4.78 is 28.0. The molecule has 142 valence electrons. The predicted octanol–water partition coefficient (Wildman–Crippen LogP) is 1.36. The Bertz CT molecular complexity index is 905. The summed E-state index contributed by atoms with van der Waals surface area (Å²) in [5, 5.41) is 4.62. The van der Waals surface area contributed by atoms with Gasteiger partial charge in [-0.05, 0) is 24.8 Å². The Morgan fingerprint density at radius 2 is 1.92 bits per heavy atom. The molecule has 1 aliphatic heterocycles. The molecule has 0 radical (unpaired) electrons. The summed E-state index contributed by atoms with van der Waals surface area (Å²) in [6.07, 6.45) is 4.07. The van der Waals surface area contributed by atoms with E-state index in [9.17, 15) is 13.2 Å². The van der Waals surface area contributed by atoms with Crippen LogP contribution in [0.5, 0.6) is 0 Å². The zero-order chi connectivity index (χ0) is 18.9. The summed E-state index contributed by atoms with van der Waals surface area (Å²) in [5.41, 5.74) is 0.624. The monoisotopic (exact) mass is 379 g/mol. The summed E-state index contributed by atoms with van der Waals surface area (Å²) in [5.74, 6) is 0.226. The van der Waals surface area contributed by atoms with Gasteiger partial charge in [-0.25, -0.2) is 18.1 Å². The van der Waals surface area contributed by atoms with Crippen LogP contribution in [-0.2, 0) is 22.0 Å². The number of aromatic amines is 1. The standard InChI is InChI=1S/C17H25N5O3S/c1-17(2,3)14-4-5-16(23)22(20-14)11-13-6-8-21(9-7-13)26(24,25)15-10-18-12-19-15/h4-5,10,12-13H,6-9,11H2,1-3H3,(H,18,19). The van der Waals surface area contributed by atoms with Gasteiger partial charge in [-0.2, -0.15) is 9.40 Å². The Kier molecular flexibility index (Phi) is 5.03. The lowest BCUT2D eigenvalue weighted by atomic mass is 9.92. The van der Waals surface area contributed by atoms with Crippen molar-refractivity contribution < 1.29 is 8.42 Å². The highest BCUT2D eigenvalue weighted by Gasteiger charge is 2.30. The molecule has 0 saturated carbocycles. The molecule has 0 amide bonds. The van der Waals surface area contributed by atoms with E-state index >= 15 is 0 Å². The summed E-state index contributed by atoms with van der Waals surface area (Å²) in [6.45, 7) is 7.55. The molecule has 0 aromatic carbocycles. The van der Waals surface area contributed by atoms with E-state index in [4.69, 9.17) is 0 Å². The molecule has 3 rings (SSSR count). The van der Waals surface area contributed by atoms with E-state index in [1.165, 1.54) is 21.5 Å². The van der Waals surface area contributed by atoms with Crippen molar-refractivity contribution in [3.05, 3.63) is 40.7 Å². The fourth-order valence-electron chi connectivity index (χ4n) is 3.08. The van der Waals surface area contributed by atoms with Gasteiger partial charge in [-0.3, -0.25) is 4.79 Å². The van der Waals surface area contributed by atoms with Crippen LogP contribution in [0.2, 0.25) is 0 Å². The van der Waals surface area contributed by atoms with Crippen molar-refractivity contribution in [2.75, 3.05) is 13.1 Å². The van der Waals surface area contributed by atoms with E-state index in [0.29, 0.717) is 32.5 Å². The second-order valence-corrected chi connectivity index (χ2v) is 9.66. The first-order chi connectivity index (χ1) is 12.2. The Hall–Kier alpha value is -2.00. The van der Waals surface area contributed by atoms with E-state index in [1.807, 2.05) is 0 Å². The Labute approximate surface area is 153 Å². The number of imidazole rings is 1. The number of hydrogen-bond acceptors (Lipinski definition) is 5. The van der Waals surface area contributed by atoms with Gasteiger partial charge in [-0.1, -0.05) is 20.8 Å². The fraction of sp³-hybridized carbons (Fsp3) is 0.588. The second kappa shape index (κ2) is 6.96. The number of H-pyrrole nitrogens is 1. The number of sulfonamides is 1. The molecular formula is C17H25N5O3S. The lowest BCUT2D eigenvalue weighted by molar-refractivity contribution is 0.243. The van der Waals surface area contributed by atoms with Crippen LogP contribution in [0, 0.1) is 5.92 Å². The lowest BCUT2D eigenvalue weighted by Gasteiger charge is -2.31. The van der Waals surface area contributed by atoms with Crippen molar-refractivity contribution >= 4 is 10.0 Å². The van der Waals surface area contributed by atoms with Gasteiger partial charge < -0.3 is 4.98 Å². The number of nitrogens with zero attached hydrogens (tertiary/aromatic N) is 4. The van der Waals surface area contributed by atoms with E-state index in [1.54, 1.807) is 12.1 Å². The largest absolute Gasteiger partial charge is 0.335 e. The number of aromatic nitrogens is 4. The third kappa shape index (κ3) is 3.88. The van der Waals surface area contributed by atoms with Gasteiger partial charge in [0.2, 0.25) is 0 Å². The number of nitrogens with one attached hydrogen (secondary N) is 1. The van der Waals surface area contributed by atoms with Crippen LogP contribution in [0.25, 0.3) is 0 Å². The zero-order valence-electron chi connectivity index (χ0n) is 15.3. The Morgan fingerprint density at radius 3 is 2.50 bits per heavy atom. The molecular weight excluding hydrogens is 354 g/mol. The number of hydrogen-bond donors (Lipinski definition) is 1. The predicted molar refractivity (Wildman–Crippen MR) is 97.3 cm³/mol. The first-order valence-electron chi connectivity index (χ1n) is 8.75. The molecule has 3 heterocycles. The quantitative estimate of drug-likeness (QED) is 0.864. The van der Waals surface area contributed by atoms with Crippen molar-refractivity contribution in [2.24, 2.45) is 5.92 Å². The molecule has 8 nitrogen and oxygen atoms in total. The van der Waals surface area contributed by atoms with E-state index in [-0.39, 0.29) is 21.9 Å². The van der Waals surface area contributed by atoms with Crippen molar-refractivity contribution in [2.45, 2.75) is 50.6 Å². The van der Waals surface area contributed by atoms with Crippen LogP contribution in [0.15, 0.2) is 34.5 Å². The first kappa shape index (κ1) is 18.8. The van der Waals surface area contributed by atoms with Gasteiger partial charge in [0.25, 0.3) is 15.6 Å². The summed E-state index contributed by atoms with van der Waals surface area (Å²) in [7, 11) is -3.52. The zero-order valence-corrected chi connectivity index (χ0v) is 16.2. The second-order valence-electron chi connectivity index (χ2n) is 7.75. The SMILES string of the molecule is CC(C)(C)c1ccc(=O)n(CC2CCN(S(=O)(=O)c3cnc[nH]3)CC2)n1. The third-order valence-electron chi connectivity index (χ3n) is 4.73. The molecule has 0 unspecified atom stereocenters. The molecule has 1 aliphatic rings. The maximum Gasteiger partial charge on any atom is 0.266 e. The number of rotatable bonds is 4. The molecule has 1 N–H and O–H groups in total. The van der Waals surface area contributed by atoms with Crippen LogP contribution >= 0.6 is 0 Å². The molecule has 26 heavy (non-hydrogen) atoms. The van der Waals surface area contributed by atoms with Crippen molar-refractivity contribution in [1.82, 2.24) is 24.1 Å². The Morgan fingerprint density at radius 1 is 1.23 bits per heavy atom. The first-order valence-corrected chi connectivity index (χ1v) is 10.2. The fourth-order valence-corrected chi connectivity index (χ4v) is 4.45. The van der Waals surface area contributed by atoms with Crippen molar-refractivity contribution in [3.8, 4) is 0 Å². The molecule has 1 saturated heterocycles. The minimum Gasteiger partial charge on any atom is -0.335 e. The molecule has 0 spiro atoms. The van der Waals surface area contributed by atoms with Crippen LogP contribution in [0.4, 0.5) is 0 Å². The molecule has 9 heteroatoms. The highest BCUT2D eigenvalue weighted by molar-refractivity contribution is 7.89. The Balaban J connectivity index is 1.67. The van der Waals surface area contributed by atoms with Crippen LogP contribution < -0.4 is 5.56 Å². The third-order valence-corrected chi connectivity index (χ3v) is 6.55. The van der Waals surface area contributed by atoms with Crippen molar-refractivity contribution in [1.29, 1.82) is 0 Å². The number of piperidine rings is 1. The minimum atomic E-state index is -3.52. The summed E-state index contributed by atoms with van der Waals surface area (Å²) >= 11 is 0. The van der Waals surface area contributed by atoms with Gasteiger partial charge in [0.05, 0.1) is 18.2 Å². The van der Waals surface area contributed by atoms with Crippen molar-refractivity contribution in [3.63, 3.8) is 0 Å². The van der Waals surface area contributed by atoms with Gasteiger partial charge in [-0.15, -0.1) is 0 Å². The van der Waals surface area contributed by atoms with E-state index < -0.39 is 10.0 Å². The maximum absolute atomic E-state index is 12.5. The maximum atomic E-state index is 12.5. The normalized spacial score (nSPS) is 17.5. The van der Waals surface area contributed by atoms with Gasteiger partial charge in [0, 0.05) is 31.1 Å². The highest BCUT2D eigenvalue weighted by Crippen LogP contribution is 2.24. The van der Waals surface area contributed by atoms with Crippen LogP contribution in [-0.4, -0.2) is 45.6 Å². The van der Waals surface area contributed by atoms with Gasteiger partial charge in [0.1, 0.15) is 0 Å². The van der Waals surface area contributed by atoms with Crippen LogP contribution in [0.1, 0.15) is 39.3 Å². The average Bonchev–Trinajstić information content (AvgIpc) is 3.12. The van der Waals surface area contributed by atoms with Gasteiger partial charge in [0.15, 0.2) is 5.03 Å². The van der Waals surface area contributed by atoms with Crippen LogP contribution in [0.3, 0.4) is 0 Å². The smallest absolute Gasteiger partial charge is 0.266 e. The van der Waals surface area contributed by atoms with E-state index in [0.717, 1.165) is 5.69 Å². The molecule has 0 atom stereocenters. The van der Waals surface area contributed by atoms with Gasteiger partial charge >= 0.3 is 0 Å². The molecule has 2 aromatic heterocycles. The molecule has 0 aliphatic carbocycles. The van der Waals surface area contributed by atoms with E-state index in [2.05, 4.69) is 35.8 Å². The minimum absolute atomic E-state index is 0.117. The highest BCUT2D eigenvalue weighted by atomic mass is 32.2. The molecule has 1 fully saturated rings. The summed E-state index contributed by atoms with van der Waals surface area (Å²) in [6, 6.07) is 3.34. The lowest BCUT2D eigenvalue weighted by Crippen LogP contribution is -2.40. The average molecular weight is 379 g/mol. The topological polar surface area (TPSA) is 101 Å². The molecule has 0 bridgehead atoms.